The Morgan fingerprint density at radius 1 is 1.08 bits per heavy atom. The normalized spacial score (nSPS) is 31.2. The summed E-state index contributed by atoms with van der Waals surface area (Å²) in [7, 11) is 0. The second kappa shape index (κ2) is 7.67. The Kier molecular flexibility index (Phi) is 5.71. The number of pyridine rings is 1. The van der Waals surface area contributed by atoms with Gasteiger partial charge in [-0.05, 0) is 30.9 Å². The molecular weight excluding hydrogens is 351 g/mol. The molecule has 2 saturated heterocycles. The molecule has 0 bridgehead atoms. The Bertz CT molecular complexity index is 587. The van der Waals surface area contributed by atoms with Gasteiger partial charge in [-0.25, -0.2) is 4.98 Å². The highest BCUT2D eigenvalue weighted by Crippen LogP contribution is 2.30. The average molecular weight is 375 g/mol. The van der Waals surface area contributed by atoms with Crippen molar-refractivity contribution in [2.45, 2.75) is 37.3 Å². The van der Waals surface area contributed by atoms with Gasteiger partial charge in [-0.1, -0.05) is 0 Å². The van der Waals surface area contributed by atoms with Gasteiger partial charge in [0.15, 0.2) is 0 Å². The van der Waals surface area contributed by atoms with E-state index in [0.29, 0.717) is 31.9 Å². The third kappa shape index (κ3) is 4.46. The molecule has 26 heavy (non-hydrogen) atoms. The summed E-state index contributed by atoms with van der Waals surface area (Å²) in [4.78, 5) is 7.48. The van der Waals surface area contributed by atoms with E-state index >= 15 is 0 Å². The number of rotatable bonds is 3. The number of anilines is 1. The smallest absolute Gasteiger partial charge is 0.389 e. The molecule has 0 spiro atoms. The molecule has 4 atom stereocenters. The van der Waals surface area contributed by atoms with Crippen molar-refractivity contribution in [3.05, 3.63) is 24.0 Å². The van der Waals surface area contributed by atoms with Gasteiger partial charge in [0.2, 0.25) is 0 Å². The van der Waals surface area contributed by atoms with Crippen molar-refractivity contribution in [2.24, 2.45) is 5.92 Å². The van der Waals surface area contributed by atoms with Crippen LogP contribution in [-0.2, 0) is 6.18 Å². The predicted molar refractivity (Wildman–Crippen MR) is 88.6 cm³/mol. The molecule has 0 aromatic carbocycles. The number of piperidine rings is 2. The molecule has 3 N–H and O–H groups in total. The van der Waals surface area contributed by atoms with Crippen LogP contribution < -0.4 is 4.90 Å². The van der Waals surface area contributed by atoms with Crippen molar-refractivity contribution in [2.75, 3.05) is 37.6 Å². The maximum atomic E-state index is 12.6. The molecule has 6 nitrogen and oxygen atoms in total. The van der Waals surface area contributed by atoms with Gasteiger partial charge in [0.05, 0.1) is 24.1 Å². The summed E-state index contributed by atoms with van der Waals surface area (Å²) in [6.07, 6.45) is -4.37. The summed E-state index contributed by atoms with van der Waals surface area (Å²) in [5, 5.41) is 29.2. The van der Waals surface area contributed by atoms with Crippen molar-refractivity contribution in [1.29, 1.82) is 0 Å². The van der Waals surface area contributed by atoms with Gasteiger partial charge in [-0.15, -0.1) is 0 Å². The number of halogens is 3. The van der Waals surface area contributed by atoms with Crippen LogP contribution in [0.25, 0.3) is 0 Å². The van der Waals surface area contributed by atoms with Crippen LogP contribution in [-0.4, -0.2) is 76.2 Å². The zero-order valence-corrected chi connectivity index (χ0v) is 14.3. The molecule has 0 saturated carbocycles. The highest BCUT2D eigenvalue weighted by Gasteiger charge is 2.35. The third-order valence-corrected chi connectivity index (χ3v) is 5.12. The molecule has 1 unspecified atom stereocenters. The fourth-order valence-electron chi connectivity index (χ4n) is 3.78. The van der Waals surface area contributed by atoms with Crippen LogP contribution >= 0.6 is 0 Å². The number of aliphatic hydroxyl groups is 3. The fraction of sp³-hybridized carbons (Fsp3) is 0.706. The summed E-state index contributed by atoms with van der Waals surface area (Å²) in [6, 6.07) is 2.45. The number of β-amino-alcohol motifs (C(OH)–C–C–N with tert-alkyl or cyclic N) is 2. The van der Waals surface area contributed by atoms with Gasteiger partial charge in [0, 0.05) is 32.7 Å². The fourth-order valence-corrected chi connectivity index (χ4v) is 3.78. The Balaban J connectivity index is 1.59. The minimum absolute atomic E-state index is 0.265. The zero-order chi connectivity index (χ0) is 18.9. The van der Waals surface area contributed by atoms with Crippen LogP contribution in [0.15, 0.2) is 18.3 Å². The number of alkyl halides is 3. The van der Waals surface area contributed by atoms with Crippen LogP contribution in [0.3, 0.4) is 0 Å². The van der Waals surface area contributed by atoms with E-state index in [0.717, 1.165) is 25.5 Å². The van der Waals surface area contributed by atoms with Crippen LogP contribution in [0.5, 0.6) is 0 Å². The molecule has 3 rings (SSSR count). The van der Waals surface area contributed by atoms with E-state index in [2.05, 4.69) is 4.98 Å². The first kappa shape index (κ1) is 19.3. The summed E-state index contributed by atoms with van der Waals surface area (Å²) in [5.41, 5.74) is -0.235. The summed E-state index contributed by atoms with van der Waals surface area (Å²) in [6.45, 7) is 2.70. The molecule has 2 aliphatic heterocycles. The average Bonchev–Trinajstić information content (AvgIpc) is 2.59. The summed E-state index contributed by atoms with van der Waals surface area (Å²) >= 11 is 0. The molecule has 9 heteroatoms. The lowest BCUT2D eigenvalue weighted by Crippen LogP contribution is -2.56. The minimum atomic E-state index is -4.44. The van der Waals surface area contributed by atoms with Gasteiger partial charge in [0.25, 0.3) is 0 Å². The summed E-state index contributed by atoms with van der Waals surface area (Å²) < 4.78 is 37.9. The van der Waals surface area contributed by atoms with E-state index < -0.39 is 30.2 Å². The second-order valence-corrected chi connectivity index (χ2v) is 7.20. The van der Waals surface area contributed by atoms with Crippen molar-refractivity contribution in [1.82, 2.24) is 9.88 Å². The molecule has 0 amide bonds. The molecule has 2 fully saturated rings. The zero-order valence-electron chi connectivity index (χ0n) is 14.3. The highest BCUT2D eigenvalue weighted by molar-refractivity contribution is 5.45. The molecule has 0 radical (unpaired) electrons. The van der Waals surface area contributed by atoms with E-state index in [1.165, 1.54) is 12.3 Å². The lowest BCUT2D eigenvalue weighted by Gasteiger charge is -2.41. The lowest BCUT2D eigenvalue weighted by atomic mass is 9.94. The molecule has 0 aliphatic carbocycles. The number of hydrogen-bond acceptors (Lipinski definition) is 6. The van der Waals surface area contributed by atoms with Gasteiger partial charge in [0.1, 0.15) is 11.8 Å². The van der Waals surface area contributed by atoms with Gasteiger partial charge in [-0.3, -0.25) is 4.90 Å². The Morgan fingerprint density at radius 2 is 1.77 bits per heavy atom. The van der Waals surface area contributed by atoms with Gasteiger partial charge in [-0.2, -0.15) is 13.2 Å². The van der Waals surface area contributed by atoms with E-state index in [9.17, 15) is 28.5 Å². The first-order chi connectivity index (χ1) is 12.2. The quantitative estimate of drug-likeness (QED) is 0.722. The van der Waals surface area contributed by atoms with Crippen LogP contribution in [0, 0.1) is 5.92 Å². The number of hydrogen-bond donors (Lipinski definition) is 3. The SMILES string of the molecule is OC1[C@H](O)CN(C[C@H]2CCCN(c3ccc(C(F)(F)F)nc3)C2)C[C@@H]1O. The van der Waals surface area contributed by atoms with E-state index in [4.69, 9.17) is 0 Å². The number of nitrogens with zero attached hydrogens (tertiary/aromatic N) is 3. The van der Waals surface area contributed by atoms with Gasteiger partial charge >= 0.3 is 6.18 Å². The van der Waals surface area contributed by atoms with Crippen molar-refractivity contribution >= 4 is 5.69 Å². The van der Waals surface area contributed by atoms with Crippen LogP contribution in [0.1, 0.15) is 18.5 Å². The van der Waals surface area contributed by atoms with Crippen LogP contribution in [0.4, 0.5) is 18.9 Å². The lowest BCUT2D eigenvalue weighted by molar-refractivity contribution is -0.141. The third-order valence-electron chi connectivity index (χ3n) is 5.12. The Labute approximate surface area is 149 Å². The molecule has 3 heterocycles. The van der Waals surface area contributed by atoms with Crippen LogP contribution in [0.2, 0.25) is 0 Å². The first-order valence-corrected chi connectivity index (χ1v) is 8.79. The van der Waals surface area contributed by atoms with E-state index in [-0.39, 0.29) is 5.92 Å². The maximum Gasteiger partial charge on any atom is 0.433 e. The first-order valence-electron chi connectivity index (χ1n) is 8.79. The maximum absolute atomic E-state index is 12.6. The standard InChI is InChI=1S/C17H24F3N3O3/c18-17(19,20)15-4-3-12(6-21-15)23-5-1-2-11(8-23)7-22-9-13(24)16(26)14(25)10-22/h3-4,6,11,13-14,16,24-26H,1-2,5,7-10H2/t11-,13-,14+,16?/m1/s1. The number of likely N-dealkylation sites (tertiary alicyclic amines) is 1. The molecule has 2 aliphatic rings. The van der Waals surface area contributed by atoms with Gasteiger partial charge < -0.3 is 20.2 Å². The topological polar surface area (TPSA) is 80.1 Å². The Morgan fingerprint density at radius 3 is 2.35 bits per heavy atom. The second-order valence-electron chi connectivity index (χ2n) is 7.20. The monoisotopic (exact) mass is 375 g/mol. The van der Waals surface area contributed by atoms with Crippen molar-refractivity contribution < 1.29 is 28.5 Å². The van der Waals surface area contributed by atoms with Crippen molar-refractivity contribution in [3.63, 3.8) is 0 Å². The molecule has 1 aromatic heterocycles. The highest BCUT2D eigenvalue weighted by atomic mass is 19.4. The minimum Gasteiger partial charge on any atom is -0.389 e. The van der Waals surface area contributed by atoms with E-state index in [1.807, 2.05) is 9.80 Å². The van der Waals surface area contributed by atoms with Crippen molar-refractivity contribution in [3.8, 4) is 0 Å². The number of aliphatic hydroxyl groups excluding tert-OH is 3. The molecule has 1 aromatic rings. The molecular formula is C17H24F3N3O3. The largest absolute Gasteiger partial charge is 0.433 e. The van der Waals surface area contributed by atoms with E-state index in [1.54, 1.807) is 0 Å². The Hall–Kier alpha value is -1.42. The summed E-state index contributed by atoms with van der Waals surface area (Å²) in [5.74, 6) is 0.265. The number of aromatic nitrogens is 1. The molecule has 146 valence electrons. The predicted octanol–water partition coefficient (Wildman–Crippen LogP) is 0.715.